The Balaban J connectivity index is 1.60. The van der Waals surface area contributed by atoms with Gasteiger partial charge in [0.2, 0.25) is 11.8 Å². The SMILES string of the molecule is COCCC(C(=O)Nc1ccc(C(N)=O)c(F)c1)N1CC=C(c2cc(Cl)ccc2-c2nnc(C(F)(F)F)o2)C(=O)C1. The summed E-state index contributed by atoms with van der Waals surface area (Å²) in [6, 6.07) is 6.68. The first kappa shape index (κ1) is 29.8. The third-order valence-corrected chi connectivity index (χ3v) is 6.42. The summed E-state index contributed by atoms with van der Waals surface area (Å²) >= 11 is 6.13. The van der Waals surface area contributed by atoms with Crippen LogP contribution in [0.2, 0.25) is 5.02 Å². The highest BCUT2D eigenvalue weighted by molar-refractivity contribution is 6.31. The standard InChI is InChI=1S/C26H22ClF4N5O5/c1-40-9-7-20(23(39)33-14-3-5-17(22(32)38)19(28)11-14)36-8-6-15(21(37)12-36)18-10-13(27)2-4-16(18)24-34-35-25(41-24)26(29,30)31/h2-6,10-11,20H,7-9,12H2,1H3,(H2,32,38)(H,33,39). The molecule has 10 nitrogen and oxygen atoms in total. The molecule has 3 aromatic rings. The molecule has 0 saturated heterocycles. The molecule has 0 radical (unpaired) electrons. The van der Waals surface area contributed by atoms with Crippen molar-refractivity contribution in [3.05, 3.63) is 70.3 Å². The number of amides is 2. The molecule has 216 valence electrons. The van der Waals surface area contributed by atoms with Crippen molar-refractivity contribution in [2.24, 2.45) is 5.73 Å². The van der Waals surface area contributed by atoms with Gasteiger partial charge in [0.15, 0.2) is 5.78 Å². The molecule has 2 aromatic carbocycles. The quantitative estimate of drug-likeness (QED) is 0.354. The fraction of sp³-hybridized carbons (Fsp3) is 0.269. The summed E-state index contributed by atoms with van der Waals surface area (Å²) in [4.78, 5) is 39.3. The molecule has 0 fully saturated rings. The normalized spacial score (nSPS) is 15.0. The maximum Gasteiger partial charge on any atom is 0.470 e. The third kappa shape index (κ3) is 6.78. The zero-order chi connectivity index (χ0) is 29.9. The number of nitrogens with zero attached hydrogens (tertiary/aromatic N) is 3. The molecule has 41 heavy (non-hydrogen) atoms. The summed E-state index contributed by atoms with van der Waals surface area (Å²) in [6.07, 6.45) is -3.17. The molecular formula is C26H22ClF4N5O5. The Labute approximate surface area is 235 Å². The topological polar surface area (TPSA) is 141 Å². The van der Waals surface area contributed by atoms with Crippen molar-refractivity contribution < 1.29 is 41.1 Å². The molecule has 2 amide bonds. The lowest BCUT2D eigenvalue weighted by Gasteiger charge is -2.32. The number of nitrogens with one attached hydrogen (secondary N) is 1. The van der Waals surface area contributed by atoms with Crippen LogP contribution in [0.1, 0.15) is 28.2 Å². The number of hydrogen-bond donors (Lipinski definition) is 2. The van der Waals surface area contributed by atoms with Crippen LogP contribution < -0.4 is 11.1 Å². The number of anilines is 1. The number of carbonyl (C=O) groups is 3. The minimum absolute atomic E-state index is 0.0700. The predicted octanol–water partition coefficient (Wildman–Crippen LogP) is 3.96. The van der Waals surface area contributed by atoms with Crippen LogP contribution in [0.3, 0.4) is 0 Å². The molecular weight excluding hydrogens is 574 g/mol. The first-order chi connectivity index (χ1) is 19.4. The average Bonchev–Trinajstić information content (AvgIpc) is 3.40. The van der Waals surface area contributed by atoms with Crippen molar-refractivity contribution in [2.75, 3.05) is 32.1 Å². The number of hydrogen-bond acceptors (Lipinski definition) is 8. The maximum absolute atomic E-state index is 14.2. The van der Waals surface area contributed by atoms with Crippen molar-refractivity contribution in [3.63, 3.8) is 0 Å². The van der Waals surface area contributed by atoms with E-state index in [4.69, 9.17) is 26.5 Å². The van der Waals surface area contributed by atoms with Gasteiger partial charge in [-0.25, -0.2) is 4.39 Å². The van der Waals surface area contributed by atoms with Gasteiger partial charge in [-0.15, -0.1) is 10.2 Å². The number of halogens is 5. The number of ether oxygens (including phenoxy) is 1. The maximum atomic E-state index is 14.2. The van der Waals surface area contributed by atoms with Crippen LogP contribution in [0.5, 0.6) is 0 Å². The van der Waals surface area contributed by atoms with Crippen LogP contribution in [0.15, 0.2) is 46.9 Å². The third-order valence-electron chi connectivity index (χ3n) is 6.19. The van der Waals surface area contributed by atoms with Crippen LogP contribution >= 0.6 is 11.6 Å². The number of ketones is 1. The zero-order valence-corrected chi connectivity index (χ0v) is 22.1. The molecule has 1 unspecified atom stereocenters. The highest BCUT2D eigenvalue weighted by Crippen LogP contribution is 2.35. The number of alkyl halides is 3. The molecule has 0 bridgehead atoms. The van der Waals surface area contributed by atoms with Crippen LogP contribution in [-0.4, -0.2) is 65.5 Å². The average molecular weight is 596 g/mol. The van der Waals surface area contributed by atoms with E-state index in [0.29, 0.717) is 0 Å². The van der Waals surface area contributed by atoms with E-state index in [2.05, 4.69) is 15.5 Å². The van der Waals surface area contributed by atoms with Crippen LogP contribution in [0.25, 0.3) is 17.0 Å². The van der Waals surface area contributed by atoms with E-state index >= 15 is 0 Å². The molecule has 1 atom stereocenters. The Kier molecular flexibility index (Phi) is 8.85. The lowest BCUT2D eigenvalue weighted by Crippen LogP contribution is -2.48. The van der Waals surface area contributed by atoms with E-state index in [1.165, 1.54) is 37.5 Å². The Hall–Kier alpha value is -4.14. The largest absolute Gasteiger partial charge is 0.470 e. The number of aromatic nitrogens is 2. The highest BCUT2D eigenvalue weighted by Gasteiger charge is 2.39. The Morgan fingerprint density at radius 3 is 2.56 bits per heavy atom. The number of nitrogens with two attached hydrogens (primary N) is 1. The van der Waals surface area contributed by atoms with Gasteiger partial charge in [-0.2, -0.15) is 13.2 Å². The van der Waals surface area contributed by atoms with Gasteiger partial charge >= 0.3 is 12.1 Å². The fourth-order valence-electron chi connectivity index (χ4n) is 4.25. The molecule has 0 aliphatic carbocycles. The first-order valence-corrected chi connectivity index (χ1v) is 12.3. The van der Waals surface area contributed by atoms with Crippen LogP contribution in [0.4, 0.5) is 23.2 Å². The molecule has 0 saturated carbocycles. The minimum Gasteiger partial charge on any atom is -0.413 e. The number of methoxy groups -OCH3 is 1. The van der Waals surface area contributed by atoms with Gasteiger partial charge in [-0.1, -0.05) is 17.7 Å². The second kappa shape index (κ2) is 12.2. The van der Waals surface area contributed by atoms with Gasteiger partial charge in [0.25, 0.3) is 5.91 Å². The summed E-state index contributed by atoms with van der Waals surface area (Å²) in [5, 5.41) is 9.29. The van der Waals surface area contributed by atoms with Gasteiger partial charge in [0.05, 0.1) is 18.2 Å². The monoisotopic (exact) mass is 595 g/mol. The molecule has 2 heterocycles. The summed E-state index contributed by atoms with van der Waals surface area (Å²) in [5.74, 6) is -4.89. The summed E-state index contributed by atoms with van der Waals surface area (Å²) < 4.78 is 63.1. The fourth-order valence-corrected chi connectivity index (χ4v) is 4.43. The van der Waals surface area contributed by atoms with Gasteiger partial charge in [0.1, 0.15) is 5.82 Å². The molecule has 1 aliphatic heterocycles. The van der Waals surface area contributed by atoms with E-state index < -0.39 is 47.4 Å². The van der Waals surface area contributed by atoms with Crippen LogP contribution in [-0.2, 0) is 20.5 Å². The van der Waals surface area contributed by atoms with Crippen molar-refractivity contribution in [1.29, 1.82) is 0 Å². The first-order valence-electron chi connectivity index (χ1n) is 12.0. The second-order valence-electron chi connectivity index (χ2n) is 8.92. The summed E-state index contributed by atoms with van der Waals surface area (Å²) in [6.45, 7) is -0.000894. The smallest absolute Gasteiger partial charge is 0.413 e. The minimum atomic E-state index is -4.86. The van der Waals surface area contributed by atoms with Gasteiger partial charge < -0.3 is 20.2 Å². The van der Waals surface area contributed by atoms with Gasteiger partial charge in [-0.3, -0.25) is 19.3 Å². The van der Waals surface area contributed by atoms with Crippen LogP contribution in [0, 0.1) is 5.82 Å². The second-order valence-corrected chi connectivity index (χ2v) is 9.35. The summed E-state index contributed by atoms with van der Waals surface area (Å²) in [7, 11) is 1.44. The van der Waals surface area contributed by atoms with E-state index in [9.17, 15) is 31.9 Å². The molecule has 4 rings (SSSR count). The number of primary amides is 1. The Bertz CT molecular complexity index is 1520. The number of Topliss-reactive ketones (excluding diaryl/α,β-unsaturated/α-hetero) is 1. The van der Waals surface area contributed by atoms with Crippen molar-refractivity contribution in [2.45, 2.75) is 18.6 Å². The van der Waals surface area contributed by atoms with Crippen molar-refractivity contribution in [3.8, 4) is 11.5 Å². The van der Waals surface area contributed by atoms with E-state index in [0.717, 1.165) is 12.1 Å². The van der Waals surface area contributed by atoms with E-state index in [1.807, 2.05) is 0 Å². The molecule has 0 spiro atoms. The molecule has 3 N–H and O–H groups in total. The Morgan fingerprint density at radius 2 is 1.95 bits per heavy atom. The lowest BCUT2D eigenvalue weighted by atomic mass is 9.93. The van der Waals surface area contributed by atoms with Gasteiger partial charge in [0, 0.05) is 42.1 Å². The molecule has 1 aliphatic rings. The van der Waals surface area contributed by atoms with E-state index in [-0.39, 0.29) is 59.1 Å². The zero-order valence-electron chi connectivity index (χ0n) is 21.3. The Morgan fingerprint density at radius 1 is 1.20 bits per heavy atom. The number of carbonyl (C=O) groups excluding carboxylic acids is 3. The number of benzene rings is 2. The molecule has 1 aromatic heterocycles. The predicted molar refractivity (Wildman–Crippen MR) is 138 cm³/mol. The van der Waals surface area contributed by atoms with E-state index in [1.54, 1.807) is 4.90 Å². The highest BCUT2D eigenvalue weighted by atomic mass is 35.5. The molecule has 15 heteroatoms. The number of rotatable bonds is 9. The summed E-state index contributed by atoms with van der Waals surface area (Å²) in [5.41, 5.74) is 5.24. The van der Waals surface area contributed by atoms with Gasteiger partial charge in [-0.05, 0) is 48.4 Å². The lowest BCUT2D eigenvalue weighted by molar-refractivity contribution is -0.157. The van der Waals surface area contributed by atoms with Crippen molar-refractivity contribution in [1.82, 2.24) is 15.1 Å². The van der Waals surface area contributed by atoms with Crippen molar-refractivity contribution >= 4 is 40.5 Å².